The molecule has 126 valence electrons. The number of nitrogens with two attached hydrogens (primary N) is 1. The maximum Gasteiger partial charge on any atom is 0.227 e. The third kappa shape index (κ3) is 2.68. The molecule has 1 aromatic heterocycles. The minimum Gasteiger partial charge on any atom is -0.369 e. The fourth-order valence-electron chi connectivity index (χ4n) is 3.27. The quantitative estimate of drug-likeness (QED) is 0.788. The molecule has 1 aliphatic heterocycles. The first kappa shape index (κ1) is 15.8. The van der Waals surface area contributed by atoms with E-state index in [2.05, 4.69) is 6.07 Å². The van der Waals surface area contributed by atoms with Crippen LogP contribution in [0.15, 0.2) is 42.5 Å². The topological polar surface area (TPSA) is 76.3 Å². The number of rotatable bonds is 3. The lowest BCUT2D eigenvalue weighted by Gasteiger charge is -2.20. The van der Waals surface area contributed by atoms with Gasteiger partial charge in [0.1, 0.15) is 5.01 Å². The number of nitrogens with zero attached hydrogens (tertiary/aromatic N) is 2. The molecule has 0 bridgehead atoms. The van der Waals surface area contributed by atoms with Crippen LogP contribution in [0.3, 0.4) is 0 Å². The number of amides is 2. The fraction of sp³-hybridized carbons (Fsp3) is 0.211. The minimum atomic E-state index is -0.421. The Hall–Kier alpha value is -2.73. The highest BCUT2D eigenvalue weighted by Crippen LogP contribution is 2.37. The van der Waals surface area contributed by atoms with Crippen LogP contribution in [-0.2, 0) is 9.59 Å². The van der Waals surface area contributed by atoms with Crippen molar-refractivity contribution in [2.24, 2.45) is 11.7 Å². The van der Waals surface area contributed by atoms with Crippen LogP contribution in [0.2, 0.25) is 0 Å². The number of aromatic nitrogens is 1. The molecule has 5 nitrogen and oxygen atoms in total. The molecule has 1 aliphatic rings. The highest BCUT2D eigenvalue weighted by molar-refractivity contribution is 7.21. The molecule has 0 radical (unpaired) electrons. The number of hydrogen-bond donors (Lipinski definition) is 1. The molecule has 2 N–H and O–H groups in total. The Bertz CT molecular complexity index is 962. The second-order valence-corrected chi connectivity index (χ2v) is 7.27. The van der Waals surface area contributed by atoms with E-state index < -0.39 is 11.8 Å². The smallest absolute Gasteiger partial charge is 0.227 e. The number of primary amides is 1. The van der Waals surface area contributed by atoms with E-state index in [-0.39, 0.29) is 12.3 Å². The maximum atomic E-state index is 12.3. The van der Waals surface area contributed by atoms with Gasteiger partial charge in [-0.05, 0) is 30.7 Å². The average Bonchev–Trinajstić information content (AvgIpc) is 3.18. The van der Waals surface area contributed by atoms with Crippen molar-refractivity contribution in [3.05, 3.63) is 48.0 Å². The number of benzene rings is 2. The van der Waals surface area contributed by atoms with Gasteiger partial charge in [0.05, 0.1) is 16.1 Å². The molecule has 25 heavy (non-hydrogen) atoms. The third-order valence-electron chi connectivity index (χ3n) is 4.65. The summed E-state index contributed by atoms with van der Waals surface area (Å²) in [6.07, 6.45) is 0.181. The summed E-state index contributed by atoms with van der Waals surface area (Å²) in [7, 11) is 0. The summed E-state index contributed by atoms with van der Waals surface area (Å²) in [5.41, 5.74) is 9.17. The lowest BCUT2D eigenvalue weighted by Crippen LogP contribution is -2.28. The van der Waals surface area contributed by atoms with E-state index in [9.17, 15) is 9.59 Å². The van der Waals surface area contributed by atoms with Crippen LogP contribution >= 0.6 is 11.3 Å². The van der Waals surface area contributed by atoms with Crippen LogP contribution < -0.4 is 10.6 Å². The van der Waals surface area contributed by atoms with E-state index in [0.29, 0.717) is 6.54 Å². The molecule has 1 fully saturated rings. The van der Waals surface area contributed by atoms with Crippen LogP contribution in [0.4, 0.5) is 5.69 Å². The number of carbonyl (C=O) groups excluding carboxylic acids is 2. The Balaban J connectivity index is 1.76. The van der Waals surface area contributed by atoms with Crippen molar-refractivity contribution in [3.8, 4) is 10.6 Å². The standard InChI is InChI=1S/C19H17N3O2S/c1-11-13(19-21-14-6-2-3-8-16(14)25-19)5-4-7-15(11)22-10-12(18(20)24)9-17(22)23/h2-8,12H,9-10H2,1H3,(H2,20,24)/t12-/m0/s1. The van der Waals surface area contributed by atoms with Crippen molar-refractivity contribution in [3.63, 3.8) is 0 Å². The Labute approximate surface area is 149 Å². The zero-order chi connectivity index (χ0) is 17.6. The maximum absolute atomic E-state index is 12.3. The van der Waals surface area contributed by atoms with E-state index >= 15 is 0 Å². The lowest BCUT2D eigenvalue weighted by atomic mass is 10.1. The van der Waals surface area contributed by atoms with E-state index in [0.717, 1.165) is 32.0 Å². The molecule has 3 aromatic rings. The molecule has 1 atom stereocenters. The predicted octanol–water partition coefficient (Wildman–Crippen LogP) is 3.11. The monoisotopic (exact) mass is 351 g/mol. The molecule has 4 rings (SSSR count). The van der Waals surface area contributed by atoms with Gasteiger partial charge in [0.15, 0.2) is 0 Å². The van der Waals surface area contributed by atoms with Crippen molar-refractivity contribution in [1.29, 1.82) is 0 Å². The minimum absolute atomic E-state index is 0.0617. The summed E-state index contributed by atoms with van der Waals surface area (Å²) in [5.74, 6) is -0.901. The first-order valence-electron chi connectivity index (χ1n) is 8.10. The summed E-state index contributed by atoms with van der Waals surface area (Å²) < 4.78 is 1.13. The number of anilines is 1. The zero-order valence-electron chi connectivity index (χ0n) is 13.7. The SMILES string of the molecule is Cc1c(-c2nc3ccccc3s2)cccc1N1C[C@@H](C(N)=O)CC1=O. The van der Waals surface area contributed by atoms with Gasteiger partial charge in [-0.3, -0.25) is 9.59 Å². The van der Waals surface area contributed by atoms with Gasteiger partial charge in [-0.1, -0.05) is 24.3 Å². The number of para-hydroxylation sites is 1. The van der Waals surface area contributed by atoms with Crippen LogP contribution in [0.5, 0.6) is 0 Å². The second-order valence-electron chi connectivity index (χ2n) is 6.24. The Morgan fingerprint density at radius 2 is 2.04 bits per heavy atom. The van der Waals surface area contributed by atoms with Crippen LogP contribution in [0.25, 0.3) is 20.8 Å². The number of hydrogen-bond acceptors (Lipinski definition) is 4. The summed E-state index contributed by atoms with van der Waals surface area (Å²) in [5, 5.41) is 0.929. The number of thiazole rings is 1. The predicted molar refractivity (Wildman–Crippen MR) is 99.4 cm³/mol. The van der Waals surface area contributed by atoms with E-state index in [4.69, 9.17) is 10.7 Å². The molecular weight excluding hydrogens is 334 g/mol. The van der Waals surface area contributed by atoms with Crippen LogP contribution in [0.1, 0.15) is 12.0 Å². The first-order chi connectivity index (χ1) is 12.0. The summed E-state index contributed by atoms with van der Waals surface area (Å²) in [6.45, 7) is 2.33. The Morgan fingerprint density at radius 1 is 1.24 bits per heavy atom. The Kier molecular flexibility index (Phi) is 3.77. The van der Waals surface area contributed by atoms with Gasteiger partial charge in [-0.25, -0.2) is 4.98 Å². The summed E-state index contributed by atoms with van der Waals surface area (Å²) in [6, 6.07) is 13.9. The lowest BCUT2D eigenvalue weighted by molar-refractivity contribution is -0.123. The van der Waals surface area contributed by atoms with Crippen LogP contribution in [-0.4, -0.2) is 23.3 Å². The highest BCUT2D eigenvalue weighted by atomic mass is 32.1. The molecule has 0 aliphatic carbocycles. The van der Waals surface area contributed by atoms with Gasteiger partial charge in [-0.2, -0.15) is 0 Å². The van der Waals surface area contributed by atoms with E-state index in [1.165, 1.54) is 0 Å². The molecule has 0 unspecified atom stereocenters. The molecule has 0 saturated carbocycles. The molecule has 2 amide bonds. The van der Waals surface area contributed by atoms with Crippen molar-refractivity contribution < 1.29 is 9.59 Å². The highest BCUT2D eigenvalue weighted by Gasteiger charge is 2.34. The van der Waals surface area contributed by atoms with Crippen molar-refractivity contribution in [2.75, 3.05) is 11.4 Å². The molecule has 2 aromatic carbocycles. The summed E-state index contributed by atoms with van der Waals surface area (Å²) in [4.78, 5) is 30.2. The van der Waals surface area contributed by atoms with Gasteiger partial charge in [0.2, 0.25) is 11.8 Å². The zero-order valence-corrected chi connectivity index (χ0v) is 14.5. The van der Waals surface area contributed by atoms with E-state index in [1.807, 2.05) is 43.3 Å². The molecule has 2 heterocycles. The number of carbonyl (C=O) groups is 2. The van der Waals surface area contributed by atoms with Gasteiger partial charge in [0, 0.05) is 24.2 Å². The first-order valence-corrected chi connectivity index (χ1v) is 8.91. The second kappa shape index (κ2) is 5.97. The van der Waals surface area contributed by atoms with Gasteiger partial charge in [0.25, 0.3) is 0 Å². The molecule has 0 spiro atoms. The van der Waals surface area contributed by atoms with Gasteiger partial charge in [-0.15, -0.1) is 11.3 Å². The fourth-order valence-corrected chi connectivity index (χ4v) is 4.31. The normalized spacial score (nSPS) is 17.4. The van der Waals surface area contributed by atoms with E-state index in [1.54, 1.807) is 16.2 Å². The van der Waals surface area contributed by atoms with Crippen molar-refractivity contribution >= 4 is 39.1 Å². The third-order valence-corrected chi connectivity index (χ3v) is 5.72. The van der Waals surface area contributed by atoms with Crippen molar-refractivity contribution in [1.82, 2.24) is 4.98 Å². The van der Waals surface area contributed by atoms with Crippen molar-refractivity contribution in [2.45, 2.75) is 13.3 Å². The van der Waals surface area contributed by atoms with Gasteiger partial charge >= 0.3 is 0 Å². The largest absolute Gasteiger partial charge is 0.369 e. The average molecular weight is 351 g/mol. The van der Waals surface area contributed by atoms with Gasteiger partial charge < -0.3 is 10.6 Å². The molecular formula is C19H17N3O2S. The summed E-state index contributed by atoms with van der Waals surface area (Å²) >= 11 is 1.63. The molecule has 6 heteroatoms. The van der Waals surface area contributed by atoms with Crippen LogP contribution in [0, 0.1) is 12.8 Å². The number of fused-ring (bicyclic) bond motifs is 1. The molecule has 1 saturated heterocycles. The Morgan fingerprint density at radius 3 is 2.76 bits per heavy atom.